The summed E-state index contributed by atoms with van der Waals surface area (Å²) < 4.78 is 10.9. The number of ether oxygens (including phenoxy) is 2. The van der Waals surface area contributed by atoms with Crippen molar-refractivity contribution in [1.29, 1.82) is 0 Å². The number of aliphatic hydroxyl groups is 1. The molecule has 180 valence electrons. The molecule has 3 saturated carbocycles. The summed E-state index contributed by atoms with van der Waals surface area (Å²) in [7, 11) is 1.67. The number of methoxy groups -OCH3 is 1. The van der Waals surface area contributed by atoms with E-state index in [-0.39, 0.29) is 5.60 Å². The molecular formula is C29H46O3. The molecule has 4 aliphatic rings. The molecule has 0 aromatic rings. The summed E-state index contributed by atoms with van der Waals surface area (Å²) in [6.07, 6.45) is 22.1. The van der Waals surface area contributed by atoms with E-state index in [9.17, 15) is 5.11 Å². The van der Waals surface area contributed by atoms with Gasteiger partial charge >= 0.3 is 0 Å². The van der Waals surface area contributed by atoms with Crippen LogP contribution in [0.15, 0.2) is 36.0 Å². The topological polar surface area (TPSA) is 38.7 Å². The van der Waals surface area contributed by atoms with Gasteiger partial charge in [0.25, 0.3) is 0 Å². The van der Waals surface area contributed by atoms with E-state index in [2.05, 4.69) is 58.1 Å². The fraction of sp³-hybridized carbons (Fsp3) is 0.793. The molecule has 4 rings (SSSR count). The van der Waals surface area contributed by atoms with Gasteiger partial charge in [0.1, 0.15) is 6.79 Å². The minimum Gasteiger partial charge on any atom is -0.396 e. The summed E-state index contributed by atoms with van der Waals surface area (Å²) in [5.74, 6) is 3.15. The largest absolute Gasteiger partial charge is 0.396 e. The number of aliphatic hydroxyl groups excluding tert-OH is 1. The molecular weight excluding hydrogens is 396 g/mol. The Morgan fingerprint density at radius 2 is 2.12 bits per heavy atom. The van der Waals surface area contributed by atoms with Crippen molar-refractivity contribution >= 4 is 0 Å². The zero-order chi connectivity index (χ0) is 23.0. The highest BCUT2D eigenvalue weighted by Crippen LogP contribution is 2.65. The molecule has 0 heterocycles. The number of hydrogen-bond donors (Lipinski definition) is 1. The SMILES string of the molecule is COCOC(C)(C)C/C=C/[C@@H](C)[C@H]1CC[C@H]2/C(=C/[C@@H](CO)[C@@]34C=CC[C@@H]3C4)CCC[C@]12C. The third-order valence-corrected chi connectivity index (χ3v) is 9.64. The van der Waals surface area contributed by atoms with Gasteiger partial charge in [-0.2, -0.15) is 0 Å². The number of hydrogen-bond acceptors (Lipinski definition) is 3. The van der Waals surface area contributed by atoms with Gasteiger partial charge in [-0.15, -0.1) is 0 Å². The van der Waals surface area contributed by atoms with E-state index < -0.39 is 0 Å². The molecule has 1 N–H and O–H groups in total. The van der Waals surface area contributed by atoms with Crippen LogP contribution < -0.4 is 0 Å². The Morgan fingerprint density at radius 3 is 2.78 bits per heavy atom. The third-order valence-electron chi connectivity index (χ3n) is 9.64. The molecule has 0 radical (unpaired) electrons. The molecule has 0 amide bonds. The van der Waals surface area contributed by atoms with E-state index in [1.165, 1.54) is 44.9 Å². The first kappa shape index (κ1) is 24.2. The summed E-state index contributed by atoms with van der Waals surface area (Å²) in [6.45, 7) is 9.90. The van der Waals surface area contributed by atoms with Crippen LogP contribution in [0.1, 0.15) is 79.1 Å². The van der Waals surface area contributed by atoms with Crippen molar-refractivity contribution in [3.63, 3.8) is 0 Å². The van der Waals surface area contributed by atoms with Gasteiger partial charge in [0.2, 0.25) is 0 Å². The van der Waals surface area contributed by atoms with Crippen LogP contribution in [-0.2, 0) is 9.47 Å². The van der Waals surface area contributed by atoms with Crippen LogP contribution in [0.4, 0.5) is 0 Å². The second kappa shape index (κ2) is 9.39. The first-order valence-electron chi connectivity index (χ1n) is 13.0. The number of fused-ring (bicyclic) bond motifs is 2. The van der Waals surface area contributed by atoms with Crippen molar-refractivity contribution in [2.45, 2.75) is 84.7 Å². The highest BCUT2D eigenvalue weighted by molar-refractivity contribution is 5.30. The Balaban J connectivity index is 1.43. The van der Waals surface area contributed by atoms with E-state index in [0.29, 0.717) is 42.0 Å². The molecule has 0 bridgehead atoms. The van der Waals surface area contributed by atoms with Gasteiger partial charge in [-0.05, 0) is 94.3 Å². The average molecular weight is 443 g/mol. The quantitative estimate of drug-likeness (QED) is 0.303. The Bertz CT molecular complexity index is 750. The minimum absolute atomic E-state index is 0.191. The lowest BCUT2D eigenvalue weighted by Crippen LogP contribution is -2.36. The Labute approximate surface area is 196 Å². The third kappa shape index (κ3) is 4.55. The molecule has 0 aliphatic heterocycles. The molecule has 7 atom stereocenters. The van der Waals surface area contributed by atoms with Gasteiger partial charge < -0.3 is 14.6 Å². The van der Waals surface area contributed by atoms with Crippen LogP contribution in [0.5, 0.6) is 0 Å². The van der Waals surface area contributed by atoms with Gasteiger partial charge in [0, 0.05) is 18.4 Å². The maximum Gasteiger partial charge on any atom is 0.147 e. The van der Waals surface area contributed by atoms with Crippen LogP contribution in [0, 0.1) is 40.4 Å². The fourth-order valence-corrected chi connectivity index (χ4v) is 7.66. The molecule has 0 unspecified atom stereocenters. The minimum atomic E-state index is -0.191. The lowest BCUT2D eigenvalue weighted by Gasteiger charge is -2.44. The maximum absolute atomic E-state index is 10.3. The van der Waals surface area contributed by atoms with Gasteiger partial charge in [0.15, 0.2) is 0 Å². The summed E-state index contributed by atoms with van der Waals surface area (Å²) >= 11 is 0. The zero-order valence-corrected chi connectivity index (χ0v) is 21.1. The van der Waals surface area contributed by atoms with Crippen LogP contribution in [0.2, 0.25) is 0 Å². The molecule has 3 fully saturated rings. The van der Waals surface area contributed by atoms with Crippen molar-refractivity contribution in [2.75, 3.05) is 20.5 Å². The van der Waals surface area contributed by atoms with E-state index in [1.54, 1.807) is 12.7 Å². The monoisotopic (exact) mass is 442 g/mol. The molecule has 0 aromatic heterocycles. The van der Waals surface area contributed by atoms with E-state index in [0.717, 1.165) is 18.3 Å². The summed E-state index contributed by atoms with van der Waals surface area (Å²) in [5, 5.41) is 10.3. The Hall–Kier alpha value is -0.900. The van der Waals surface area contributed by atoms with Crippen LogP contribution >= 0.6 is 0 Å². The highest BCUT2D eigenvalue weighted by Gasteiger charge is 2.58. The van der Waals surface area contributed by atoms with Crippen LogP contribution in [0.25, 0.3) is 0 Å². The predicted molar refractivity (Wildman–Crippen MR) is 131 cm³/mol. The van der Waals surface area contributed by atoms with Crippen LogP contribution in [0.3, 0.4) is 0 Å². The van der Waals surface area contributed by atoms with Crippen molar-refractivity contribution in [1.82, 2.24) is 0 Å². The average Bonchev–Trinajstić information content (AvgIpc) is 3.12. The molecule has 0 aromatic carbocycles. The van der Waals surface area contributed by atoms with E-state index >= 15 is 0 Å². The van der Waals surface area contributed by atoms with E-state index in [1.807, 2.05) is 0 Å². The highest BCUT2D eigenvalue weighted by atomic mass is 16.7. The molecule has 32 heavy (non-hydrogen) atoms. The molecule has 0 spiro atoms. The second-order valence-electron chi connectivity index (χ2n) is 12.1. The predicted octanol–water partition coefficient (Wildman–Crippen LogP) is 6.69. The van der Waals surface area contributed by atoms with Gasteiger partial charge in [-0.1, -0.05) is 49.8 Å². The van der Waals surface area contributed by atoms with Crippen molar-refractivity contribution in [2.24, 2.45) is 40.4 Å². The number of allylic oxidation sites excluding steroid dienone is 4. The maximum atomic E-state index is 10.3. The Kier molecular flexibility index (Phi) is 7.11. The Morgan fingerprint density at radius 1 is 1.31 bits per heavy atom. The van der Waals surface area contributed by atoms with Crippen molar-refractivity contribution < 1.29 is 14.6 Å². The van der Waals surface area contributed by atoms with Crippen molar-refractivity contribution in [3.05, 3.63) is 36.0 Å². The van der Waals surface area contributed by atoms with E-state index in [4.69, 9.17) is 9.47 Å². The summed E-state index contributed by atoms with van der Waals surface area (Å²) in [6, 6.07) is 0. The van der Waals surface area contributed by atoms with Crippen molar-refractivity contribution in [3.8, 4) is 0 Å². The molecule has 4 aliphatic carbocycles. The summed E-state index contributed by atoms with van der Waals surface area (Å²) in [4.78, 5) is 0. The lowest BCUT2D eigenvalue weighted by atomic mass is 9.60. The standard InChI is InChI=1S/C29H46O3/c1-21(9-6-14-27(2,3)32-20-31-5)25-12-13-26-22(10-7-15-28(25,26)4)17-24(19-30)29-16-8-11-23(29)18-29/h6,8-9,16-17,21,23-26,30H,7,10-15,18-20H2,1-5H3/b9-6+,22-17+/t21-,23-,24+,25-,26+,28-,29-/m1/s1. The molecule has 3 heteroatoms. The van der Waals surface area contributed by atoms with Gasteiger partial charge in [-0.3, -0.25) is 0 Å². The van der Waals surface area contributed by atoms with Crippen LogP contribution in [-0.4, -0.2) is 31.2 Å². The normalized spacial score (nSPS) is 39.4. The number of rotatable bonds is 10. The molecule has 3 nitrogen and oxygen atoms in total. The second-order valence-corrected chi connectivity index (χ2v) is 12.1. The lowest BCUT2D eigenvalue weighted by molar-refractivity contribution is -0.112. The first-order valence-corrected chi connectivity index (χ1v) is 13.0. The first-order chi connectivity index (χ1) is 15.3. The smallest absolute Gasteiger partial charge is 0.147 e. The fourth-order valence-electron chi connectivity index (χ4n) is 7.66. The van der Waals surface area contributed by atoms with Gasteiger partial charge in [-0.25, -0.2) is 0 Å². The summed E-state index contributed by atoms with van der Waals surface area (Å²) in [5.41, 5.74) is 2.16. The molecule has 0 saturated heterocycles. The van der Waals surface area contributed by atoms with Gasteiger partial charge in [0.05, 0.1) is 12.2 Å². The zero-order valence-electron chi connectivity index (χ0n) is 21.1.